The van der Waals surface area contributed by atoms with E-state index in [9.17, 15) is 0 Å². The molecule has 1 unspecified atom stereocenters. The molecule has 0 saturated heterocycles. The van der Waals surface area contributed by atoms with Crippen molar-refractivity contribution in [3.8, 4) is 0 Å². The van der Waals surface area contributed by atoms with Gasteiger partial charge in [-0.1, -0.05) is 22.9 Å². The molecule has 0 aliphatic carbocycles. The van der Waals surface area contributed by atoms with Gasteiger partial charge in [0.05, 0.1) is 5.69 Å². The molecule has 0 bridgehead atoms. The molecule has 2 aromatic rings. The summed E-state index contributed by atoms with van der Waals surface area (Å²) in [7, 11) is 0. The minimum absolute atomic E-state index is 0.453. The summed E-state index contributed by atoms with van der Waals surface area (Å²) in [6, 6.07) is 8.45. The largest absolute Gasteiger partial charge is 0.398 e. The standard InChI is InChI=1S/C14H18BrN3S/c1-3-10(2)18-7-6-12(17-18)9-19-14-8-11(15)4-5-13(14)16/h4-8,10H,3,9,16H2,1-2H3. The maximum absolute atomic E-state index is 5.96. The van der Waals surface area contributed by atoms with E-state index in [0.29, 0.717) is 6.04 Å². The Morgan fingerprint density at radius 3 is 2.95 bits per heavy atom. The number of nitrogen functional groups attached to an aromatic ring is 1. The topological polar surface area (TPSA) is 43.8 Å². The number of thioether (sulfide) groups is 1. The van der Waals surface area contributed by atoms with Gasteiger partial charge in [-0.05, 0) is 37.6 Å². The van der Waals surface area contributed by atoms with Crippen LogP contribution >= 0.6 is 27.7 Å². The van der Waals surface area contributed by atoms with Gasteiger partial charge in [0.2, 0.25) is 0 Å². The third kappa shape index (κ3) is 3.76. The Kier molecular flexibility index (Phi) is 4.93. The van der Waals surface area contributed by atoms with Crippen molar-refractivity contribution < 1.29 is 0 Å². The summed E-state index contributed by atoms with van der Waals surface area (Å²) >= 11 is 5.18. The molecule has 0 spiro atoms. The Bertz CT molecular complexity index is 553. The average Bonchev–Trinajstić information content (AvgIpc) is 2.88. The van der Waals surface area contributed by atoms with E-state index in [1.54, 1.807) is 11.8 Å². The van der Waals surface area contributed by atoms with Crippen LogP contribution in [0.25, 0.3) is 0 Å². The summed E-state index contributed by atoms with van der Waals surface area (Å²) in [5.74, 6) is 0.837. The van der Waals surface area contributed by atoms with Gasteiger partial charge in [0, 0.05) is 33.0 Å². The van der Waals surface area contributed by atoms with E-state index < -0.39 is 0 Å². The minimum atomic E-state index is 0.453. The maximum Gasteiger partial charge on any atom is 0.0727 e. The lowest BCUT2D eigenvalue weighted by molar-refractivity contribution is 0.475. The summed E-state index contributed by atoms with van der Waals surface area (Å²) < 4.78 is 3.08. The van der Waals surface area contributed by atoms with E-state index in [1.807, 2.05) is 29.1 Å². The zero-order valence-electron chi connectivity index (χ0n) is 11.1. The Balaban J connectivity index is 2.02. The molecule has 1 atom stereocenters. The molecule has 0 amide bonds. The van der Waals surface area contributed by atoms with Gasteiger partial charge in [-0.15, -0.1) is 11.8 Å². The number of nitrogens with zero attached hydrogens (tertiary/aromatic N) is 2. The zero-order valence-corrected chi connectivity index (χ0v) is 13.5. The van der Waals surface area contributed by atoms with Crippen LogP contribution in [0.3, 0.4) is 0 Å². The smallest absolute Gasteiger partial charge is 0.0727 e. The number of hydrogen-bond donors (Lipinski definition) is 1. The van der Waals surface area contributed by atoms with Gasteiger partial charge < -0.3 is 5.73 Å². The number of aromatic nitrogens is 2. The highest BCUT2D eigenvalue weighted by Crippen LogP contribution is 2.30. The van der Waals surface area contributed by atoms with Gasteiger partial charge in [-0.25, -0.2) is 0 Å². The van der Waals surface area contributed by atoms with E-state index >= 15 is 0 Å². The van der Waals surface area contributed by atoms with Crippen LogP contribution in [0.4, 0.5) is 5.69 Å². The van der Waals surface area contributed by atoms with Crippen molar-refractivity contribution >= 4 is 33.4 Å². The first kappa shape index (κ1) is 14.5. The molecular formula is C14H18BrN3S. The third-order valence-corrected chi connectivity index (χ3v) is 4.66. The number of benzene rings is 1. The highest BCUT2D eigenvalue weighted by Gasteiger charge is 2.06. The summed E-state index contributed by atoms with van der Waals surface area (Å²) in [5, 5.41) is 4.59. The van der Waals surface area contributed by atoms with Gasteiger partial charge in [0.1, 0.15) is 0 Å². The highest BCUT2D eigenvalue weighted by molar-refractivity contribution is 9.10. The van der Waals surface area contributed by atoms with Crippen LogP contribution in [0.2, 0.25) is 0 Å². The van der Waals surface area contributed by atoms with Crippen LogP contribution in [-0.4, -0.2) is 9.78 Å². The van der Waals surface area contributed by atoms with E-state index in [0.717, 1.165) is 32.9 Å². The molecule has 0 saturated carbocycles. The van der Waals surface area contributed by atoms with Gasteiger partial charge >= 0.3 is 0 Å². The molecule has 5 heteroatoms. The number of anilines is 1. The first-order chi connectivity index (χ1) is 9.10. The number of rotatable bonds is 5. The maximum atomic E-state index is 5.96. The predicted molar refractivity (Wildman–Crippen MR) is 85.3 cm³/mol. The molecule has 102 valence electrons. The molecule has 1 heterocycles. The molecule has 1 aromatic heterocycles. The van der Waals surface area contributed by atoms with E-state index in [-0.39, 0.29) is 0 Å². The minimum Gasteiger partial charge on any atom is -0.398 e. The van der Waals surface area contributed by atoms with Gasteiger partial charge in [0.25, 0.3) is 0 Å². The normalized spacial score (nSPS) is 12.6. The van der Waals surface area contributed by atoms with Crippen LogP contribution in [0, 0.1) is 0 Å². The summed E-state index contributed by atoms with van der Waals surface area (Å²) in [6.07, 6.45) is 3.14. The van der Waals surface area contributed by atoms with Gasteiger partial charge in [-0.3, -0.25) is 4.68 Å². The Labute approximate surface area is 126 Å². The fraction of sp³-hybridized carbons (Fsp3) is 0.357. The van der Waals surface area contributed by atoms with Crippen LogP contribution in [0.5, 0.6) is 0 Å². The molecule has 1 aromatic carbocycles. The molecule has 2 rings (SSSR count). The van der Waals surface area contributed by atoms with Gasteiger partial charge in [0.15, 0.2) is 0 Å². The van der Waals surface area contributed by atoms with Crippen LogP contribution in [-0.2, 0) is 5.75 Å². The van der Waals surface area contributed by atoms with Crippen molar-refractivity contribution in [2.24, 2.45) is 0 Å². The molecule has 2 N–H and O–H groups in total. The quantitative estimate of drug-likeness (QED) is 0.644. The first-order valence-electron chi connectivity index (χ1n) is 6.32. The van der Waals surface area contributed by atoms with E-state index in [1.165, 1.54) is 0 Å². The van der Waals surface area contributed by atoms with Crippen LogP contribution in [0.1, 0.15) is 32.0 Å². The summed E-state index contributed by atoms with van der Waals surface area (Å²) in [6.45, 7) is 4.35. The van der Waals surface area contributed by atoms with E-state index in [4.69, 9.17) is 5.73 Å². The number of nitrogens with two attached hydrogens (primary N) is 1. The molecule has 0 aliphatic rings. The Hall–Kier alpha value is -0.940. The lowest BCUT2D eigenvalue weighted by Gasteiger charge is -2.08. The third-order valence-electron chi connectivity index (χ3n) is 3.06. The highest BCUT2D eigenvalue weighted by atomic mass is 79.9. The molecule has 0 fully saturated rings. The second kappa shape index (κ2) is 6.48. The van der Waals surface area contributed by atoms with E-state index in [2.05, 4.69) is 40.9 Å². The number of hydrogen-bond acceptors (Lipinski definition) is 3. The van der Waals surface area contributed by atoms with Crippen LogP contribution in [0.15, 0.2) is 39.8 Å². The molecule has 0 radical (unpaired) electrons. The Morgan fingerprint density at radius 1 is 1.42 bits per heavy atom. The lowest BCUT2D eigenvalue weighted by atomic mass is 10.3. The first-order valence-corrected chi connectivity index (χ1v) is 8.10. The fourth-order valence-corrected chi connectivity index (χ4v) is 3.09. The van der Waals surface area contributed by atoms with Crippen molar-refractivity contribution in [1.29, 1.82) is 0 Å². The molecule has 19 heavy (non-hydrogen) atoms. The van der Waals surface area contributed by atoms with Crippen molar-refractivity contribution in [1.82, 2.24) is 9.78 Å². The second-order valence-electron chi connectivity index (χ2n) is 4.52. The SMILES string of the molecule is CCC(C)n1ccc(CSc2cc(Br)ccc2N)n1. The van der Waals surface area contributed by atoms with Crippen molar-refractivity contribution in [3.63, 3.8) is 0 Å². The number of halogens is 1. The summed E-state index contributed by atoms with van der Waals surface area (Å²) in [5.41, 5.74) is 7.86. The van der Waals surface area contributed by atoms with Crippen molar-refractivity contribution in [2.75, 3.05) is 5.73 Å². The average molecular weight is 340 g/mol. The summed E-state index contributed by atoms with van der Waals surface area (Å²) in [4.78, 5) is 1.09. The fourth-order valence-electron chi connectivity index (χ4n) is 1.67. The van der Waals surface area contributed by atoms with Crippen molar-refractivity contribution in [3.05, 3.63) is 40.6 Å². The second-order valence-corrected chi connectivity index (χ2v) is 6.45. The molecular weight excluding hydrogens is 322 g/mol. The zero-order chi connectivity index (χ0) is 13.8. The van der Waals surface area contributed by atoms with Gasteiger partial charge in [-0.2, -0.15) is 5.10 Å². The molecule has 0 aliphatic heterocycles. The predicted octanol–water partition coefficient (Wildman–Crippen LogP) is 4.49. The van der Waals surface area contributed by atoms with Crippen molar-refractivity contribution in [2.45, 2.75) is 37.0 Å². The molecule has 3 nitrogen and oxygen atoms in total. The van der Waals surface area contributed by atoms with Crippen LogP contribution < -0.4 is 5.73 Å². The lowest BCUT2D eigenvalue weighted by Crippen LogP contribution is -2.04. The Morgan fingerprint density at radius 2 is 2.21 bits per heavy atom. The monoisotopic (exact) mass is 339 g/mol.